The van der Waals surface area contributed by atoms with Crippen molar-refractivity contribution in [1.29, 1.82) is 0 Å². The summed E-state index contributed by atoms with van der Waals surface area (Å²) in [5.74, 6) is 1.14. The van der Waals surface area contributed by atoms with E-state index in [9.17, 15) is 4.79 Å². The quantitative estimate of drug-likeness (QED) is 0.349. The number of likely N-dealkylation sites (tertiary alicyclic amines) is 1. The summed E-state index contributed by atoms with van der Waals surface area (Å²) in [6, 6.07) is 16.8. The second-order valence-corrected chi connectivity index (χ2v) is 10.1. The molecule has 2 aromatic carbocycles. The van der Waals surface area contributed by atoms with Crippen LogP contribution in [0, 0.1) is 0 Å². The van der Waals surface area contributed by atoms with Crippen molar-refractivity contribution in [3.63, 3.8) is 0 Å². The zero-order chi connectivity index (χ0) is 22.9. The molecule has 0 radical (unpaired) electrons. The predicted molar refractivity (Wildman–Crippen MR) is 136 cm³/mol. The standard InChI is InChI=1S/C26H28N6OS/c33-24(28-19-9-7-18(8-10-19)16-31-13-3-4-14-31)17-34-26-30-29-25(32(26)20-11-12-20)22-15-27-23-6-2-1-5-21(22)23/h1-2,5-10,15,20,27H,3-4,11-14,16-17H2,(H,28,33). The molecule has 0 bridgehead atoms. The van der Waals surface area contributed by atoms with Gasteiger partial charge in [-0.25, -0.2) is 0 Å². The van der Waals surface area contributed by atoms with Crippen LogP contribution in [-0.2, 0) is 11.3 Å². The molecule has 7 nitrogen and oxygen atoms in total. The summed E-state index contributed by atoms with van der Waals surface area (Å²) >= 11 is 1.45. The number of benzene rings is 2. The number of nitrogens with one attached hydrogen (secondary N) is 2. The zero-order valence-corrected chi connectivity index (χ0v) is 19.9. The van der Waals surface area contributed by atoms with Gasteiger partial charge in [-0.15, -0.1) is 10.2 Å². The molecule has 2 aliphatic rings. The van der Waals surface area contributed by atoms with Gasteiger partial charge in [0.2, 0.25) is 5.91 Å². The fraction of sp³-hybridized carbons (Fsp3) is 0.346. The van der Waals surface area contributed by atoms with Crippen LogP contribution in [0.15, 0.2) is 59.9 Å². The van der Waals surface area contributed by atoms with E-state index in [0.29, 0.717) is 11.8 Å². The second-order valence-electron chi connectivity index (χ2n) is 9.17. The maximum Gasteiger partial charge on any atom is 0.234 e. The van der Waals surface area contributed by atoms with Crippen LogP contribution in [-0.4, -0.2) is 49.4 Å². The van der Waals surface area contributed by atoms with E-state index in [0.717, 1.165) is 52.5 Å². The number of fused-ring (bicyclic) bond motifs is 1. The van der Waals surface area contributed by atoms with Gasteiger partial charge in [-0.05, 0) is 62.5 Å². The Morgan fingerprint density at radius 2 is 1.85 bits per heavy atom. The first-order chi connectivity index (χ1) is 16.7. The molecule has 3 heterocycles. The van der Waals surface area contributed by atoms with E-state index in [1.807, 2.05) is 30.5 Å². The number of rotatable bonds is 8. The number of para-hydroxylation sites is 1. The van der Waals surface area contributed by atoms with Crippen LogP contribution in [0.25, 0.3) is 22.3 Å². The molecule has 1 saturated heterocycles. The molecule has 1 aliphatic heterocycles. The minimum Gasteiger partial charge on any atom is -0.360 e. The van der Waals surface area contributed by atoms with Gasteiger partial charge in [0.05, 0.1) is 5.75 Å². The van der Waals surface area contributed by atoms with Gasteiger partial charge in [-0.1, -0.05) is 42.1 Å². The summed E-state index contributed by atoms with van der Waals surface area (Å²) in [6.45, 7) is 3.35. The van der Waals surface area contributed by atoms with Crippen LogP contribution in [0.3, 0.4) is 0 Å². The van der Waals surface area contributed by atoms with Crippen molar-refractivity contribution in [2.45, 2.75) is 43.4 Å². The zero-order valence-electron chi connectivity index (χ0n) is 19.0. The predicted octanol–water partition coefficient (Wildman–Crippen LogP) is 5.09. The summed E-state index contributed by atoms with van der Waals surface area (Å²) in [4.78, 5) is 18.5. The number of thioether (sulfide) groups is 1. The summed E-state index contributed by atoms with van der Waals surface area (Å²) < 4.78 is 2.21. The molecular weight excluding hydrogens is 444 g/mol. The molecule has 2 fully saturated rings. The van der Waals surface area contributed by atoms with Crippen molar-refractivity contribution in [2.24, 2.45) is 0 Å². The Morgan fingerprint density at radius 1 is 1.06 bits per heavy atom. The van der Waals surface area contributed by atoms with Crippen molar-refractivity contribution in [2.75, 3.05) is 24.2 Å². The van der Waals surface area contributed by atoms with Crippen molar-refractivity contribution >= 4 is 34.3 Å². The van der Waals surface area contributed by atoms with Crippen LogP contribution in [0.2, 0.25) is 0 Å². The Labute approximate surface area is 202 Å². The molecule has 1 aliphatic carbocycles. The van der Waals surface area contributed by atoms with E-state index in [4.69, 9.17) is 0 Å². The molecule has 6 rings (SSSR count). The topological polar surface area (TPSA) is 78.8 Å². The van der Waals surface area contributed by atoms with Crippen molar-refractivity contribution in [3.8, 4) is 11.4 Å². The Morgan fingerprint density at radius 3 is 2.65 bits per heavy atom. The van der Waals surface area contributed by atoms with E-state index in [1.54, 1.807) is 0 Å². The van der Waals surface area contributed by atoms with E-state index in [1.165, 1.54) is 43.3 Å². The third-order valence-corrected chi connectivity index (χ3v) is 7.52. The second kappa shape index (κ2) is 9.27. The molecule has 174 valence electrons. The fourth-order valence-electron chi connectivity index (χ4n) is 4.70. The van der Waals surface area contributed by atoms with Crippen LogP contribution < -0.4 is 5.32 Å². The van der Waals surface area contributed by atoms with Crippen LogP contribution >= 0.6 is 11.8 Å². The monoisotopic (exact) mass is 472 g/mol. The van der Waals surface area contributed by atoms with Crippen LogP contribution in [0.5, 0.6) is 0 Å². The van der Waals surface area contributed by atoms with Crippen molar-refractivity contribution in [1.82, 2.24) is 24.6 Å². The summed E-state index contributed by atoms with van der Waals surface area (Å²) in [6.07, 6.45) is 6.84. The van der Waals surface area contributed by atoms with Crippen LogP contribution in [0.4, 0.5) is 5.69 Å². The Bertz CT molecular complexity index is 1300. The maximum absolute atomic E-state index is 12.7. The van der Waals surface area contributed by atoms with Crippen molar-refractivity contribution < 1.29 is 4.79 Å². The van der Waals surface area contributed by atoms with Gasteiger partial charge in [0.15, 0.2) is 11.0 Å². The Hall–Kier alpha value is -3.10. The molecule has 1 amide bonds. The highest BCUT2D eigenvalue weighted by Gasteiger charge is 2.31. The van der Waals surface area contributed by atoms with Gasteiger partial charge in [0, 0.05) is 40.9 Å². The number of aromatic amines is 1. The van der Waals surface area contributed by atoms with Gasteiger partial charge in [0.25, 0.3) is 0 Å². The average molecular weight is 473 g/mol. The highest BCUT2D eigenvalue weighted by atomic mass is 32.2. The van der Waals surface area contributed by atoms with Gasteiger partial charge in [-0.3, -0.25) is 14.3 Å². The minimum atomic E-state index is -0.0312. The fourth-order valence-corrected chi connectivity index (χ4v) is 5.50. The molecule has 2 N–H and O–H groups in total. The number of nitrogens with zero attached hydrogens (tertiary/aromatic N) is 4. The summed E-state index contributed by atoms with van der Waals surface area (Å²) in [5, 5.41) is 13.9. The number of carbonyl (C=O) groups is 1. The first-order valence-corrected chi connectivity index (χ1v) is 13.0. The molecule has 8 heteroatoms. The van der Waals surface area contributed by atoms with Gasteiger partial charge >= 0.3 is 0 Å². The van der Waals surface area contributed by atoms with E-state index >= 15 is 0 Å². The number of H-pyrrole nitrogens is 1. The lowest BCUT2D eigenvalue weighted by Crippen LogP contribution is -2.18. The SMILES string of the molecule is O=C(CSc1nnc(-c2c[nH]c3ccccc23)n1C1CC1)Nc1ccc(CN2CCCC2)cc1. The maximum atomic E-state index is 12.7. The third-order valence-electron chi connectivity index (χ3n) is 6.58. The van der Waals surface area contributed by atoms with Gasteiger partial charge in [-0.2, -0.15) is 0 Å². The lowest BCUT2D eigenvalue weighted by atomic mass is 10.1. The van der Waals surface area contributed by atoms with E-state index < -0.39 is 0 Å². The van der Waals surface area contributed by atoms with Gasteiger partial charge < -0.3 is 10.3 Å². The largest absolute Gasteiger partial charge is 0.360 e. The third kappa shape index (κ3) is 4.48. The first-order valence-electron chi connectivity index (χ1n) is 12.0. The lowest BCUT2D eigenvalue weighted by Gasteiger charge is -2.14. The van der Waals surface area contributed by atoms with E-state index in [2.05, 4.69) is 54.2 Å². The number of anilines is 1. The summed E-state index contributed by atoms with van der Waals surface area (Å²) in [7, 11) is 0. The van der Waals surface area contributed by atoms with Gasteiger partial charge in [0.1, 0.15) is 0 Å². The van der Waals surface area contributed by atoms with Crippen LogP contribution in [0.1, 0.15) is 37.3 Å². The van der Waals surface area contributed by atoms with Crippen molar-refractivity contribution in [3.05, 3.63) is 60.3 Å². The number of aromatic nitrogens is 4. The molecule has 4 aromatic rings. The molecule has 0 atom stereocenters. The lowest BCUT2D eigenvalue weighted by molar-refractivity contribution is -0.113. The normalized spacial score (nSPS) is 16.4. The summed E-state index contributed by atoms with van der Waals surface area (Å²) in [5.41, 5.74) is 4.26. The molecule has 1 saturated carbocycles. The minimum absolute atomic E-state index is 0.0312. The smallest absolute Gasteiger partial charge is 0.234 e. The Kier molecular flexibility index (Phi) is 5.84. The first kappa shape index (κ1) is 21.4. The number of amides is 1. The highest BCUT2D eigenvalue weighted by molar-refractivity contribution is 7.99. The average Bonchev–Trinajstić information content (AvgIpc) is 3.23. The molecule has 0 unspecified atom stereocenters. The highest BCUT2D eigenvalue weighted by Crippen LogP contribution is 2.42. The molecule has 34 heavy (non-hydrogen) atoms. The number of hydrogen-bond acceptors (Lipinski definition) is 5. The number of hydrogen-bond donors (Lipinski definition) is 2. The molecule has 2 aromatic heterocycles. The molecular formula is C26H28N6OS. The van der Waals surface area contributed by atoms with E-state index in [-0.39, 0.29) is 5.91 Å². The number of carbonyl (C=O) groups excluding carboxylic acids is 1. The molecule has 0 spiro atoms. The Balaban J connectivity index is 1.11.